The predicted octanol–water partition coefficient (Wildman–Crippen LogP) is 4.25. The van der Waals surface area contributed by atoms with Crippen molar-refractivity contribution in [3.8, 4) is 11.5 Å². The maximum atomic E-state index is 5.80. The van der Waals surface area contributed by atoms with Gasteiger partial charge < -0.3 is 8.83 Å². The van der Waals surface area contributed by atoms with Crippen molar-refractivity contribution in [1.29, 1.82) is 0 Å². The Bertz CT molecular complexity index is 870. The summed E-state index contributed by atoms with van der Waals surface area (Å²) in [5, 5.41) is 4.66. The highest BCUT2D eigenvalue weighted by Crippen LogP contribution is 2.31. The first-order valence-corrected chi connectivity index (χ1v) is 6.86. The molecule has 104 valence electrons. The highest BCUT2D eigenvalue weighted by molar-refractivity contribution is 5.87. The summed E-state index contributed by atoms with van der Waals surface area (Å²) >= 11 is 0. The molecule has 0 radical (unpaired) electrons. The second kappa shape index (κ2) is 4.66. The van der Waals surface area contributed by atoms with Crippen molar-refractivity contribution < 1.29 is 8.83 Å². The van der Waals surface area contributed by atoms with Gasteiger partial charge in [-0.25, -0.2) is 0 Å². The number of aromatic nitrogens is 2. The topological polar surface area (TPSA) is 44.1 Å². The Morgan fingerprint density at radius 2 is 1.95 bits per heavy atom. The van der Waals surface area contributed by atoms with E-state index in [0.717, 1.165) is 28.3 Å². The van der Waals surface area contributed by atoms with E-state index >= 15 is 0 Å². The Hall–Kier alpha value is -2.75. The van der Waals surface area contributed by atoms with Gasteiger partial charge in [0.1, 0.15) is 11.3 Å². The number of furan rings is 2. The molecular formula is C17H14N2O2. The van der Waals surface area contributed by atoms with E-state index in [-0.39, 0.29) is 0 Å². The molecule has 0 aliphatic heterocycles. The second-order valence-corrected chi connectivity index (χ2v) is 5.04. The molecule has 0 aliphatic rings. The molecule has 4 heteroatoms. The van der Waals surface area contributed by atoms with Gasteiger partial charge in [-0.05, 0) is 24.6 Å². The van der Waals surface area contributed by atoms with Crippen LogP contribution >= 0.6 is 0 Å². The summed E-state index contributed by atoms with van der Waals surface area (Å²) in [5.74, 6) is 1.60. The van der Waals surface area contributed by atoms with Crippen molar-refractivity contribution in [2.75, 3.05) is 0 Å². The molecule has 0 atom stereocenters. The van der Waals surface area contributed by atoms with Crippen LogP contribution in [0, 0.1) is 6.92 Å². The maximum absolute atomic E-state index is 5.80. The molecule has 4 rings (SSSR count). The Balaban J connectivity index is 1.86. The molecule has 0 saturated heterocycles. The number of benzene rings is 1. The standard InChI is InChI=1S/C17H14N2O2/c1-12-10-14-17(21-12)16(15-8-5-9-20-15)18-19(14)11-13-6-3-2-4-7-13/h2-10H,11H2,1H3. The van der Waals surface area contributed by atoms with E-state index in [4.69, 9.17) is 8.83 Å². The molecule has 0 saturated carbocycles. The van der Waals surface area contributed by atoms with Gasteiger partial charge in [0, 0.05) is 6.07 Å². The highest BCUT2D eigenvalue weighted by atomic mass is 16.3. The lowest BCUT2D eigenvalue weighted by Crippen LogP contribution is -2.01. The lowest BCUT2D eigenvalue weighted by atomic mass is 10.2. The molecule has 0 aliphatic carbocycles. The lowest BCUT2D eigenvalue weighted by molar-refractivity contribution is 0.563. The SMILES string of the molecule is Cc1cc2c(o1)c(-c1ccco1)nn2Cc1ccccc1. The Kier molecular flexibility index (Phi) is 2.67. The third-order valence-corrected chi connectivity index (χ3v) is 3.48. The van der Waals surface area contributed by atoms with Gasteiger partial charge >= 0.3 is 0 Å². The van der Waals surface area contributed by atoms with Gasteiger partial charge in [-0.1, -0.05) is 30.3 Å². The number of nitrogens with zero attached hydrogens (tertiary/aromatic N) is 2. The van der Waals surface area contributed by atoms with Crippen molar-refractivity contribution in [2.24, 2.45) is 0 Å². The molecule has 1 aromatic carbocycles. The summed E-state index contributed by atoms with van der Waals surface area (Å²) < 4.78 is 13.2. The third kappa shape index (κ3) is 2.05. The van der Waals surface area contributed by atoms with Gasteiger partial charge in [0.15, 0.2) is 17.0 Å². The van der Waals surface area contributed by atoms with E-state index in [2.05, 4.69) is 17.2 Å². The average Bonchev–Trinajstić information content (AvgIpc) is 3.18. The van der Waals surface area contributed by atoms with Crippen LogP contribution in [0.2, 0.25) is 0 Å². The van der Waals surface area contributed by atoms with Gasteiger partial charge in [0.2, 0.25) is 0 Å². The van der Waals surface area contributed by atoms with Crippen LogP contribution in [0.5, 0.6) is 0 Å². The minimum atomic E-state index is 0.705. The molecule has 0 amide bonds. The fourth-order valence-corrected chi connectivity index (χ4v) is 2.53. The molecule has 3 aromatic heterocycles. The van der Waals surface area contributed by atoms with Crippen LogP contribution < -0.4 is 0 Å². The minimum absolute atomic E-state index is 0.705. The molecule has 0 unspecified atom stereocenters. The Morgan fingerprint density at radius 3 is 2.71 bits per heavy atom. The predicted molar refractivity (Wildman–Crippen MR) is 80.0 cm³/mol. The van der Waals surface area contributed by atoms with Crippen molar-refractivity contribution in [1.82, 2.24) is 9.78 Å². The molecule has 21 heavy (non-hydrogen) atoms. The summed E-state index contributed by atoms with van der Waals surface area (Å²) in [5.41, 5.74) is 3.71. The highest BCUT2D eigenvalue weighted by Gasteiger charge is 2.18. The minimum Gasteiger partial charge on any atom is -0.463 e. The zero-order chi connectivity index (χ0) is 14.2. The van der Waals surface area contributed by atoms with Crippen molar-refractivity contribution in [3.05, 3.63) is 66.1 Å². The number of aryl methyl sites for hydroxylation is 1. The van der Waals surface area contributed by atoms with E-state index in [0.29, 0.717) is 6.54 Å². The van der Waals surface area contributed by atoms with Crippen LogP contribution in [0.4, 0.5) is 0 Å². The van der Waals surface area contributed by atoms with Gasteiger partial charge in [-0.2, -0.15) is 5.10 Å². The normalized spacial score (nSPS) is 11.3. The first-order chi connectivity index (χ1) is 10.3. The van der Waals surface area contributed by atoms with Crippen LogP contribution in [0.1, 0.15) is 11.3 Å². The van der Waals surface area contributed by atoms with Crippen LogP contribution in [0.15, 0.2) is 63.6 Å². The number of rotatable bonds is 3. The van der Waals surface area contributed by atoms with Gasteiger partial charge in [-0.3, -0.25) is 4.68 Å². The van der Waals surface area contributed by atoms with Crippen LogP contribution in [-0.4, -0.2) is 9.78 Å². The van der Waals surface area contributed by atoms with Gasteiger partial charge in [-0.15, -0.1) is 0 Å². The summed E-state index contributed by atoms with van der Waals surface area (Å²) in [7, 11) is 0. The second-order valence-electron chi connectivity index (χ2n) is 5.04. The van der Waals surface area contributed by atoms with Crippen LogP contribution in [-0.2, 0) is 6.54 Å². The third-order valence-electron chi connectivity index (χ3n) is 3.48. The molecule has 0 N–H and O–H groups in total. The number of fused-ring (bicyclic) bond motifs is 1. The zero-order valence-electron chi connectivity index (χ0n) is 11.6. The smallest absolute Gasteiger partial charge is 0.183 e. The zero-order valence-corrected chi connectivity index (χ0v) is 11.6. The van der Waals surface area contributed by atoms with E-state index in [9.17, 15) is 0 Å². The van der Waals surface area contributed by atoms with Crippen LogP contribution in [0.25, 0.3) is 22.6 Å². The van der Waals surface area contributed by atoms with E-state index in [1.165, 1.54) is 5.56 Å². The molecule has 4 nitrogen and oxygen atoms in total. The molecule has 4 aromatic rings. The van der Waals surface area contributed by atoms with E-state index in [1.54, 1.807) is 6.26 Å². The van der Waals surface area contributed by atoms with Gasteiger partial charge in [0.25, 0.3) is 0 Å². The summed E-state index contributed by atoms with van der Waals surface area (Å²) in [6, 6.07) is 16.0. The van der Waals surface area contributed by atoms with Crippen molar-refractivity contribution >= 4 is 11.1 Å². The van der Waals surface area contributed by atoms with Crippen molar-refractivity contribution in [2.45, 2.75) is 13.5 Å². The van der Waals surface area contributed by atoms with Gasteiger partial charge in [0.05, 0.1) is 12.8 Å². The van der Waals surface area contributed by atoms with E-state index in [1.807, 2.05) is 48.0 Å². The molecule has 0 fully saturated rings. The number of hydrogen-bond acceptors (Lipinski definition) is 3. The fourth-order valence-electron chi connectivity index (χ4n) is 2.53. The summed E-state index contributed by atoms with van der Waals surface area (Å²) in [6.45, 7) is 2.65. The maximum Gasteiger partial charge on any atom is 0.183 e. The monoisotopic (exact) mass is 278 g/mol. The quantitative estimate of drug-likeness (QED) is 0.563. The lowest BCUT2D eigenvalue weighted by Gasteiger charge is -2.02. The average molecular weight is 278 g/mol. The van der Waals surface area contributed by atoms with Crippen molar-refractivity contribution in [3.63, 3.8) is 0 Å². The largest absolute Gasteiger partial charge is 0.463 e. The van der Waals surface area contributed by atoms with Crippen LogP contribution in [0.3, 0.4) is 0 Å². The summed E-state index contributed by atoms with van der Waals surface area (Å²) in [6.07, 6.45) is 1.65. The molecular weight excluding hydrogens is 264 g/mol. The molecule has 0 bridgehead atoms. The molecule has 3 heterocycles. The first kappa shape index (κ1) is 12.0. The Morgan fingerprint density at radius 1 is 1.10 bits per heavy atom. The first-order valence-electron chi connectivity index (χ1n) is 6.86. The number of hydrogen-bond donors (Lipinski definition) is 0. The fraction of sp³-hybridized carbons (Fsp3) is 0.118. The van der Waals surface area contributed by atoms with E-state index < -0.39 is 0 Å². The summed E-state index contributed by atoms with van der Waals surface area (Å²) in [4.78, 5) is 0. The Labute approximate surface area is 121 Å². The molecule has 0 spiro atoms.